The molecule has 2 N–H and O–H groups in total. The quantitative estimate of drug-likeness (QED) is 0.622. The van der Waals surface area contributed by atoms with Gasteiger partial charge in [0.15, 0.2) is 5.82 Å². The molecule has 7 heteroatoms. The van der Waals surface area contributed by atoms with Gasteiger partial charge in [0.05, 0.1) is 11.8 Å². The van der Waals surface area contributed by atoms with Gasteiger partial charge in [0.1, 0.15) is 5.82 Å². The van der Waals surface area contributed by atoms with E-state index >= 15 is 0 Å². The van der Waals surface area contributed by atoms with Crippen LogP contribution in [0.3, 0.4) is 0 Å². The van der Waals surface area contributed by atoms with Crippen LogP contribution in [-0.2, 0) is 7.05 Å². The Kier molecular flexibility index (Phi) is 1.67. The second-order valence-corrected chi connectivity index (χ2v) is 3.38. The van der Waals surface area contributed by atoms with E-state index in [0.717, 1.165) is 5.56 Å². The zero-order chi connectivity index (χ0) is 11.1. The summed E-state index contributed by atoms with van der Waals surface area (Å²) in [4.78, 5) is 4.09. The third-order valence-corrected chi connectivity index (χ3v) is 2.41. The Balaban J connectivity index is 2.30. The predicted molar refractivity (Wildman–Crippen MR) is 57.4 cm³/mol. The van der Waals surface area contributed by atoms with Crippen LogP contribution in [0.5, 0.6) is 0 Å². The normalized spacial score (nSPS) is 11.1. The Bertz CT molecular complexity index is 651. The summed E-state index contributed by atoms with van der Waals surface area (Å²) >= 11 is 0. The molecule has 0 aliphatic rings. The van der Waals surface area contributed by atoms with Gasteiger partial charge in [0.25, 0.3) is 5.78 Å². The molecule has 0 fully saturated rings. The molecular weight excluding hydrogens is 206 g/mol. The first-order valence-electron chi connectivity index (χ1n) is 4.71. The zero-order valence-corrected chi connectivity index (χ0v) is 8.57. The third kappa shape index (κ3) is 1.08. The van der Waals surface area contributed by atoms with E-state index in [1.165, 1.54) is 0 Å². The van der Waals surface area contributed by atoms with Crippen molar-refractivity contribution in [2.45, 2.75) is 0 Å². The summed E-state index contributed by atoms with van der Waals surface area (Å²) in [6, 6.07) is 1.81. The van der Waals surface area contributed by atoms with Crippen LogP contribution in [0.2, 0.25) is 0 Å². The number of hydrogen-bond donors (Lipinski definition) is 1. The van der Waals surface area contributed by atoms with Crippen molar-refractivity contribution < 1.29 is 0 Å². The first-order chi connectivity index (χ1) is 7.77. The molecule has 7 nitrogen and oxygen atoms in total. The Labute approximate surface area is 90.5 Å². The lowest BCUT2D eigenvalue weighted by Crippen LogP contribution is -1.99. The number of aromatic nitrogens is 6. The predicted octanol–water partition coefficient (Wildman–Crippen LogP) is 0.107. The van der Waals surface area contributed by atoms with Gasteiger partial charge < -0.3 is 5.73 Å². The van der Waals surface area contributed by atoms with E-state index in [2.05, 4.69) is 20.3 Å². The fourth-order valence-electron chi connectivity index (χ4n) is 1.55. The monoisotopic (exact) mass is 215 g/mol. The number of rotatable bonds is 1. The van der Waals surface area contributed by atoms with Gasteiger partial charge in [-0.1, -0.05) is 0 Å². The van der Waals surface area contributed by atoms with Crippen LogP contribution >= 0.6 is 0 Å². The molecule has 0 atom stereocenters. The summed E-state index contributed by atoms with van der Waals surface area (Å²) in [5, 5.41) is 12.1. The number of hydrogen-bond acceptors (Lipinski definition) is 5. The Morgan fingerprint density at radius 2 is 2.19 bits per heavy atom. The van der Waals surface area contributed by atoms with Crippen molar-refractivity contribution in [2.75, 3.05) is 5.73 Å². The SMILES string of the molecule is Cn1ncc(-c2nnc3ncccn23)c1N. The first kappa shape index (κ1) is 8.84. The van der Waals surface area contributed by atoms with Crippen LogP contribution in [0.1, 0.15) is 0 Å². The lowest BCUT2D eigenvalue weighted by atomic mass is 10.3. The summed E-state index contributed by atoms with van der Waals surface area (Å²) < 4.78 is 3.36. The second kappa shape index (κ2) is 3.02. The van der Waals surface area contributed by atoms with Gasteiger partial charge in [0.2, 0.25) is 0 Å². The molecule has 0 aliphatic carbocycles. The lowest BCUT2D eigenvalue weighted by molar-refractivity contribution is 0.779. The first-order valence-corrected chi connectivity index (χ1v) is 4.71. The van der Waals surface area contributed by atoms with E-state index in [0.29, 0.717) is 17.4 Å². The van der Waals surface area contributed by atoms with Gasteiger partial charge in [-0.25, -0.2) is 4.98 Å². The van der Waals surface area contributed by atoms with Crippen molar-refractivity contribution >= 4 is 11.6 Å². The van der Waals surface area contributed by atoms with Crippen molar-refractivity contribution in [3.8, 4) is 11.4 Å². The average Bonchev–Trinajstić information content (AvgIpc) is 2.85. The van der Waals surface area contributed by atoms with Crippen LogP contribution < -0.4 is 5.73 Å². The standard InChI is InChI=1S/C9H9N7/c1-15-7(10)6(5-12-15)8-13-14-9-11-3-2-4-16(8)9/h2-5H,10H2,1H3. The summed E-state index contributed by atoms with van der Waals surface area (Å²) in [7, 11) is 1.78. The van der Waals surface area contributed by atoms with E-state index < -0.39 is 0 Å². The molecule has 0 aromatic carbocycles. The van der Waals surface area contributed by atoms with E-state index in [1.54, 1.807) is 28.5 Å². The molecule has 0 amide bonds. The highest BCUT2D eigenvalue weighted by Gasteiger charge is 2.13. The molecule has 80 valence electrons. The fraction of sp³-hybridized carbons (Fsp3) is 0.111. The number of fused-ring (bicyclic) bond motifs is 1. The minimum atomic E-state index is 0.542. The van der Waals surface area contributed by atoms with Crippen LogP contribution in [0.15, 0.2) is 24.7 Å². The number of anilines is 1. The molecule has 0 aliphatic heterocycles. The minimum Gasteiger partial charge on any atom is -0.383 e. The molecule has 16 heavy (non-hydrogen) atoms. The maximum absolute atomic E-state index is 5.88. The van der Waals surface area contributed by atoms with E-state index in [-0.39, 0.29) is 0 Å². The van der Waals surface area contributed by atoms with E-state index in [9.17, 15) is 0 Å². The molecule has 0 saturated heterocycles. The Morgan fingerprint density at radius 1 is 1.31 bits per heavy atom. The number of nitrogen functional groups attached to an aromatic ring is 1. The Morgan fingerprint density at radius 3 is 2.94 bits per heavy atom. The van der Waals surface area contributed by atoms with Crippen molar-refractivity contribution in [1.29, 1.82) is 0 Å². The smallest absolute Gasteiger partial charge is 0.255 e. The third-order valence-electron chi connectivity index (χ3n) is 2.41. The van der Waals surface area contributed by atoms with Crippen LogP contribution in [0.25, 0.3) is 17.2 Å². The van der Waals surface area contributed by atoms with Gasteiger partial charge in [-0.2, -0.15) is 5.10 Å². The highest BCUT2D eigenvalue weighted by molar-refractivity contribution is 5.69. The fourth-order valence-corrected chi connectivity index (χ4v) is 1.55. The summed E-state index contributed by atoms with van der Waals surface area (Å²) in [5.74, 6) is 1.74. The highest BCUT2D eigenvalue weighted by Crippen LogP contribution is 2.22. The van der Waals surface area contributed by atoms with Gasteiger partial charge in [-0.15, -0.1) is 10.2 Å². The molecule has 0 radical (unpaired) electrons. The minimum absolute atomic E-state index is 0.542. The second-order valence-electron chi connectivity index (χ2n) is 3.38. The van der Waals surface area contributed by atoms with Crippen molar-refractivity contribution in [3.63, 3.8) is 0 Å². The molecule has 0 spiro atoms. The van der Waals surface area contributed by atoms with Gasteiger partial charge in [-0.3, -0.25) is 9.08 Å². The zero-order valence-electron chi connectivity index (χ0n) is 8.57. The molecule has 3 aromatic rings. The van der Waals surface area contributed by atoms with Crippen molar-refractivity contribution in [2.24, 2.45) is 7.05 Å². The molecule has 3 heterocycles. The molecule has 3 rings (SSSR count). The van der Waals surface area contributed by atoms with E-state index in [4.69, 9.17) is 5.73 Å². The van der Waals surface area contributed by atoms with Crippen molar-refractivity contribution in [1.82, 2.24) is 29.4 Å². The average molecular weight is 215 g/mol. The van der Waals surface area contributed by atoms with Gasteiger partial charge >= 0.3 is 0 Å². The van der Waals surface area contributed by atoms with Crippen LogP contribution in [0, 0.1) is 0 Å². The lowest BCUT2D eigenvalue weighted by Gasteiger charge is -1.98. The number of aryl methyl sites for hydroxylation is 1. The van der Waals surface area contributed by atoms with Gasteiger partial charge in [-0.05, 0) is 6.07 Å². The molecule has 0 saturated carbocycles. The number of nitrogens with two attached hydrogens (primary N) is 1. The van der Waals surface area contributed by atoms with Crippen LogP contribution in [-0.4, -0.2) is 29.4 Å². The molecule has 3 aromatic heterocycles. The topological polar surface area (TPSA) is 86.9 Å². The summed E-state index contributed by atoms with van der Waals surface area (Å²) in [5.41, 5.74) is 6.64. The Hall–Kier alpha value is -2.44. The maximum Gasteiger partial charge on any atom is 0.255 e. The van der Waals surface area contributed by atoms with Gasteiger partial charge in [0, 0.05) is 19.4 Å². The largest absolute Gasteiger partial charge is 0.383 e. The van der Waals surface area contributed by atoms with Crippen molar-refractivity contribution in [3.05, 3.63) is 24.7 Å². The van der Waals surface area contributed by atoms with Crippen LogP contribution in [0.4, 0.5) is 5.82 Å². The van der Waals surface area contributed by atoms with E-state index in [1.807, 2.05) is 12.3 Å². The summed E-state index contributed by atoms with van der Waals surface area (Å²) in [6.07, 6.45) is 5.17. The molecule has 0 unspecified atom stereocenters. The molecular formula is C9H9N7. The highest BCUT2D eigenvalue weighted by atomic mass is 15.3. The molecule has 0 bridgehead atoms. The maximum atomic E-state index is 5.88. The number of nitrogens with zero attached hydrogens (tertiary/aromatic N) is 6. The summed E-state index contributed by atoms with van der Waals surface area (Å²) in [6.45, 7) is 0.